The van der Waals surface area contributed by atoms with Crippen molar-refractivity contribution in [3.05, 3.63) is 71.7 Å². The number of carbonyl (C=O) groups excluding carboxylic acids is 1. The van der Waals surface area contributed by atoms with Crippen LogP contribution in [0.15, 0.2) is 55.0 Å². The Balaban J connectivity index is 1.75. The highest BCUT2D eigenvalue weighted by molar-refractivity contribution is 5.94. The minimum absolute atomic E-state index is 0.110. The average molecular weight is 277 g/mol. The van der Waals surface area contributed by atoms with Crippen molar-refractivity contribution in [2.24, 2.45) is 0 Å². The number of aromatic nitrogens is 2. The minimum atomic E-state index is -0.110. The van der Waals surface area contributed by atoms with E-state index in [9.17, 15) is 4.79 Å². The third kappa shape index (κ3) is 3.05. The Kier molecular flexibility index (Phi) is 3.60. The molecule has 0 aliphatic heterocycles. The van der Waals surface area contributed by atoms with E-state index in [1.54, 1.807) is 30.7 Å². The molecule has 0 aliphatic carbocycles. The molecule has 0 fully saturated rings. The number of pyridine rings is 2. The van der Waals surface area contributed by atoms with Crippen LogP contribution in [0.2, 0.25) is 0 Å². The van der Waals surface area contributed by atoms with E-state index >= 15 is 0 Å². The molecule has 1 amide bonds. The van der Waals surface area contributed by atoms with Gasteiger partial charge in [0, 0.05) is 36.1 Å². The first-order valence-electron chi connectivity index (χ1n) is 6.76. The molecule has 0 unspecified atom stereocenters. The zero-order valence-electron chi connectivity index (χ0n) is 11.7. The smallest absolute Gasteiger partial charge is 0.251 e. The number of nitrogens with one attached hydrogen (secondary N) is 1. The molecule has 0 saturated carbocycles. The molecular formula is C17H15N3O. The summed E-state index contributed by atoms with van der Waals surface area (Å²) in [5.74, 6) is -0.110. The third-order valence-corrected chi connectivity index (χ3v) is 3.29. The van der Waals surface area contributed by atoms with E-state index in [1.807, 2.05) is 12.1 Å². The van der Waals surface area contributed by atoms with Gasteiger partial charge in [0.15, 0.2) is 0 Å². The molecule has 1 aromatic carbocycles. The highest BCUT2D eigenvalue weighted by atomic mass is 16.1. The van der Waals surface area contributed by atoms with Crippen LogP contribution in [0.3, 0.4) is 0 Å². The Bertz CT molecular complexity index is 784. The van der Waals surface area contributed by atoms with Crippen LogP contribution in [-0.4, -0.2) is 15.9 Å². The van der Waals surface area contributed by atoms with Gasteiger partial charge in [-0.25, -0.2) is 0 Å². The summed E-state index contributed by atoms with van der Waals surface area (Å²) >= 11 is 0. The molecule has 1 N–H and O–H groups in total. The molecule has 0 spiro atoms. The number of aryl methyl sites for hydroxylation is 1. The fourth-order valence-electron chi connectivity index (χ4n) is 2.18. The van der Waals surface area contributed by atoms with Crippen LogP contribution in [-0.2, 0) is 6.54 Å². The second-order valence-electron chi connectivity index (χ2n) is 4.96. The molecule has 2 aromatic heterocycles. The molecule has 4 nitrogen and oxygen atoms in total. The van der Waals surface area contributed by atoms with Gasteiger partial charge >= 0.3 is 0 Å². The standard InChI is InChI=1S/C17H15N3O/c1-12-2-3-16-15(8-12)9-13(10-19-16)11-20-17(21)14-4-6-18-7-5-14/h2-10H,11H2,1H3,(H,20,21). The maximum atomic E-state index is 12.0. The van der Waals surface area contributed by atoms with Crippen LogP contribution >= 0.6 is 0 Å². The number of hydrogen-bond donors (Lipinski definition) is 1. The highest BCUT2D eigenvalue weighted by Gasteiger charge is 2.05. The van der Waals surface area contributed by atoms with E-state index < -0.39 is 0 Å². The largest absolute Gasteiger partial charge is 0.348 e. The van der Waals surface area contributed by atoms with Gasteiger partial charge in [0.1, 0.15) is 0 Å². The molecule has 0 aliphatic rings. The lowest BCUT2D eigenvalue weighted by Crippen LogP contribution is -2.22. The summed E-state index contributed by atoms with van der Waals surface area (Å²) in [4.78, 5) is 20.3. The van der Waals surface area contributed by atoms with Crippen molar-refractivity contribution in [3.63, 3.8) is 0 Å². The first-order chi connectivity index (χ1) is 10.2. The molecule has 0 atom stereocenters. The summed E-state index contributed by atoms with van der Waals surface area (Å²) in [7, 11) is 0. The quantitative estimate of drug-likeness (QED) is 0.801. The van der Waals surface area contributed by atoms with Gasteiger partial charge in [-0.2, -0.15) is 0 Å². The van der Waals surface area contributed by atoms with Gasteiger partial charge in [0.2, 0.25) is 0 Å². The summed E-state index contributed by atoms with van der Waals surface area (Å²) in [5, 5.41) is 3.98. The SMILES string of the molecule is Cc1ccc2ncc(CNC(=O)c3ccncc3)cc2c1. The maximum Gasteiger partial charge on any atom is 0.251 e. The van der Waals surface area contributed by atoms with Gasteiger partial charge in [-0.3, -0.25) is 14.8 Å². The van der Waals surface area contributed by atoms with Crippen molar-refractivity contribution in [3.8, 4) is 0 Å². The maximum absolute atomic E-state index is 12.0. The lowest BCUT2D eigenvalue weighted by Gasteiger charge is -2.06. The van der Waals surface area contributed by atoms with Gasteiger partial charge in [0.05, 0.1) is 5.52 Å². The molecule has 3 rings (SSSR count). The van der Waals surface area contributed by atoms with Crippen LogP contribution in [0.1, 0.15) is 21.5 Å². The summed E-state index contributed by atoms with van der Waals surface area (Å²) in [6.07, 6.45) is 5.01. The Morgan fingerprint density at radius 1 is 1.14 bits per heavy atom. The number of fused-ring (bicyclic) bond motifs is 1. The predicted octanol–water partition coefficient (Wildman–Crippen LogP) is 2.87. The Hall–Kier alpha value is -2.75. The Labute approximate surface area is 122 Å². The topological polar surface area (TPSA) is 54.9 Å². The number of benzene rings is 1. The molecule has 3 aromatic rings. The monoisotopic (exact) mass is 277 g/mol. The van der Waals surface area contributed by atoms with Crippen molar-refractivity contribution in [1.82, 2.24) is 15.3 Å². The van der Waals surface area contributed by atoms with Gasteiger partial charge in [-0.05, 0) is 42.8 Å². The molecule has 4 heteroatoms. The molecular weight excluding hydrogens is 262 g/mol. The summed E-state index contributed by atoms with van der Waals surface area (Å²) in [6, 6.07) is 11.6. The van der Waals surface area contributed by atoms with E-state index in [0.29, 0.717) is 12.1 Å². The summed E-state index contributed by atoms with van der Waals surface area (Å²) < 4.78 is 0. The first-order valence-corrected chi connectivity index (χ1v) is 6.76. The number of nitrogens with zero attached hydrogens (tertiary/aromatic N) is 2. The zero-order chi connectivity index (χ0) is 14.7. The lowest BCUT2D eigenvalue weighted by molar-refractivity contribution is 0.0951. The second kappa shape index (κ2) is 5.71. The van der Waals surface area contributed by atoms with Crippen LogP contribution in [0.25, 0.3) is 10.9 Å². The Morgan fingerprint density at radius 2 is 1.95 bits per heavy atom. The van der Waals surface area contributed by atoms with Gasteiger partial charge in [0.25, 0.3) is 5.91 Å². The van der Waals surface area contributed by atoms with Gasteiger partial charge < -0.3 is 5.32 Å². The van der Waals surface area contributed by atoms with Crippen molar-refractivity contribution in [2.45, 2.75) is 13.5 Å². The lowest BCUT2D eigenvalue weighted by atomic mass is 10.1. The number of rotatable bonds is 3. The van der Waals surface area contributed by atoms with E-state index in [1.165, 1.54) is 5.56 Å². The molecule has 104 valence electrons. The first kappa shape index (κ1) is 13.2. The fraction of sp³-hybridized carbons (Fsp3) is 0.118. The second-order valence-corrected chi connectivity index (χ2v) is 4.96. The van der Waals surface area contributed by atoms with E-state index in [4.69, 9.17) is 0 Å². The third-order valence-electron chi connectivity index (χ3n) is 3.29. The van der Waals surface area contributed by atoms with Crippen LogP contribution in [0.5, 0.6) is 0 Å². The van der Waals surface area contributed by atoms with E-state index in [0.717, 1.165) is 16.5 Å². The van der Waals surface area contributed by atoms with E-state index in [-0.39, 0.29) is 5.91 Å². The van der Waals surface area contributed by atoms with Crippen molar-refractivity contribution in [1.29, 1.82) is 0 Å². The van der Waals surface area contributed by atoms with Crippen LogP contribution in [0, 0.1) is 6.92 Å². The van der Waals surface area contributed by atoms with Crippen LogP contribution in [0.4, 0.5) is 0 Å². The summed E-state index contributed by atoms with van der Waals surface area (Å²) in [6.45, 7) is 2.51. The molecule has 2 heterocycles. The Morgan fingerprint density at radius 3 is 2.76 bits per heavy atom. The number of carbonyl (C=O) groups is 1. The van der Waals surface area contributed by atoms with Crippen molar-refractivity contribution >= 4 is 16.8 Å². The number of amides is 1. The minimum Gasteiger partial charge on any atom is -0.348 e. The molecule has 0 saturated heterocycles. The number of hydrogen-bond acceptors (Lipinski definition) is 3. The summed E-state index contributed by atoms with van der Waals surface area (Å²) in [5.41, 5.74) is 3.75. The highest BCUT2D eigenvalue weighted by Crippen LogP contribution is 2.15. The van der Waals surface area contributed by atoms with E-state index in [2.05, 4.69) is 34.3 Å². The normalized spacial score (nSPS) is 10.5. The van der Waals surface area contributed by atoms with Crippen molar-refractivity contribution < 1.29 is 4.79 Å². The van der Waals surface area contributed by atoms with Gasteiger partial charge in [-0.15, -0.1) is 0 Å². The average Bonchev–Trinajstić information content (AvgIpc) is 2.53. The molecule has 0 radical (unpaired) electrons. The molecule has 0 bridgehead atoms. The predicted molar refractivity (Wildman–Crippen MR) is 81.9 cm³/mol. The van der Waals surface area contributed by atoms with Crippen LogP contribution < -0.4 is 5.32 Å². The molecule has 21 heavy (non-hydrogen) atoms. The fourth-order valence-corrected chi connectivity index (χ4v) is 2.18. The zero-order valence-corrected chi connectivity index (χ0v) is 11.7. The van der Waals surface area contributed by atoms with Gasteiger partial charge in [-0.1, -0.05) is 11.6 Å². The van der Waals surface area contributed by atoms with Crippen molar-refractivity contribution in [2.75, 3.05) is 0 Å².